The van der Waals surface area contributed by atoms with Crippen LogP contribution in [0.25, 0.3) is 16.8 Å². The molecule has 0 saturated heterocycles. The number of methoxy groups -OCH3 is 1. The van der Waals surface area contributed by atoms with Crippen molar-refractivity contribution in [2.45, 2.75) is 13.3 Å². The Morgan fingerprint density at radius 3 is 2.35 bits per heavy atom. The molecule has 0 unspecified atom stereocenters. The molecule has 0 N–H and O–H groups in total. The minimum atomic E-state index is 0.0680. The average molecular weight is 365 g/mol. The molecule has 0 fully saturated rings. The normalized spacial score (nSPS) is 13.3. The SMILES string of the molecule is COc1ccc(C2=CC(=O)Cc3c(-c4ccc(Cl)cc4)c(C)nn32)cc1. The van der Waals surface area contributed by atoms with E-state index in [1.165, 1.54) is 0 Å². The van der Waals surface area contributed by atoms with Crippen LogP contribution >= 0.6 is 11.6 Å². The molecule has 0 aliphatic carbocycles. The number of aryl methyl sites for hydroxylation is 1. The lowest BCUT2D eigenvalue weighted by Gasteiger charge is -2.17. The van der Waals surface area contributed by atoms with Gasteiger partial charge in [0.05, 0.1) is 30.6 Å². The Hall–Kier alpha value is -2.85. The number of ketones is 1. The third-order valence-corrected chi connectivity index (χ3v) is 4.79. The minimum absolute atomic E-state index is 0.0680. The zero-order valence-corrected chi connectivity index (χ0v) is 15.2. The molecule has 5 heteroatoms. The second-order valence-corrected chi connectivity index (χ2v) is 6.66. The van der Waals surface area contributed by atoms with E-state index >= 15 is 0 Å². The molecule has 0 saturated carbocycles. The Kier molecular flexibility index (Phi) is 4.13. The first-order valence-corrected chi connectivity index (χ1v) is 8.68. The summed E-state index contributed by atoms with van der Waals surface area (Å²) in [6, 6.07) is 15.3. The van der Waals surface area contributed by atoms with E-state index in [0.29, 0.717) is 11.4 Å². The topological polar surface area (TPSA) is 44.1 Å². The molecule has 0 amide bonds. The van der Waals surface area contributed by atoms with Crippen LogP contribution in [0.15, 0.2) is 54.6 Å². The zero-order valence-electron chi connectivity index (χ0n) is 14.5. The van der Waals surface area contributed by atoms with Gasteiger partial charge in [0.15, 0.2) is 5.78 Å². The average Bonchev–Trinajstić information content (AvgIpc) is 2.97. The van der Waals surface area contributed by atoms with Crippen LogP contribution in [0.2, 0.25) is 5.02 Å². The van der Waals surface area contributed by atoms with Crippen LogP contribution in [0, 0.1) is 6.92 Å². The second-order valence-electron chi connectivity index (χ2n) is 6.23. The Morgan fingerprint density at radius 2 is 1.69 bits per heavy atom. The standard InChI is InChI=1S/C21H17ClN2O2/c1-13-21(15-3-7-16(22)8-4-15)20-12-17(25)11-19(24(20)23-13)14-5-9-18(26-2)10-6-14/h3-11H,12H2,1-2H3. The number of ether oxygens (including phenoxy) is 1. The van der Waals surface area contributed by atoms with E-state index in [2.05, 4.69) is 0 Å². The molecule has 2 aromatic carbocycles. The molecule has 26 heavy (non-hydrogen) atoms. The third-order valence-electron chi connectivity index (χ3n) is 4.54. The van der Waals surface area contributed by atoms with Gasteiger partial charge in [0.25, 0.3) is 0 Å². The first-order chi connectivity index (χ1) is 12.6. The predicted octanol–water partition coefficient (Wildman–Crippen LogP) is 4.53. The van der Waals surface area contributed by atoms with Gasteiger partial charge < -0.3 is 4.74 Å². The van der Waals surface area contributed by atoms with Crippen LogP contribution in [0.3, 0.4) is 0 Å². The van der Waals surface area contributed by atoms with Gasteiger partial charge >= 0.3 is 0 Å². The summed E-state index contributed by atoms with van der Waals surface area (Å²) < 4.78 is 7.10. The molecule has 2 heterocycles. The maximum Gasteiger partial charge on any atom is 0.163 e. The fraction of sp³-hybridized carbons (Fsp3) is 0.143. The lowest BCUT2D eigenvalue weighted by Crippen LogP contribution is -2.16. The van der Waals surface area contributed by atoms with E-state index in [1.807, 2.05) is 60.1 Å². The van der Waals surface area contributed by atoms with E-state index in [0.717, 1.165) is 39.5 Å². The monoisotopic (exact) mass is 364 g/mol. The molecular formula is C21H17ClN2O2. The molecule has 1 aliphatic heterocycles. The molecule has 4 nitrogen and oxygen atoms in total. The molecule has 0 atom stereocenters. The molecule has 130 valence electrons. The van der Waals surface area contributed by atoms with Crippen LogP contribution in [-0.4, -0.2) is 22.7 Å². The number of halogens is 1. The predicted molar refractivity (Wildman–Crippen MR) is 102 cm³/mol. The quantitative estimate of drug-likeness (QED) is 0.685. The van der Waals surface area contributed by atoms with Crippen LogP contribution in [0.1, 0.15) is 17.0 Å². The van der Waals surface area contributed by atoms with Gasteiger partial charge in [0.2, 0.25) is 0 Å². The van der Waals surface area contributed by atoms with Gasteiger partial charge in [-0.25, -0.2) is 4.68 Å². The Labute approximate surface area is 156 Å². The summed E-state index contributed by atoms with van der Waals surface area (Å²) in [5, 5.41) is 5.40. The Bertz CT molecular complexity index is 1020. The number of hydrogen-bond donors (Lipinski definition) is 0. The first kappa shape index (κ1) is 16.6. The van der Waals surface area contributed by atoms with Crippen LogP contribution in [-0.2, 0) is 11.2 Å². The van der Waals surface area contributed by atoms with Crippen molar-refractivity contribution in [3.8, 4) is 16.9 Å². The molecule has 1 aromatic heterocycles. The number of nitrogens with zero attached hydrogens (tertiary/aromatic N) is 2. The number of carbonyl (C=O) groups excluding carboxylic acids is 1. The zero-order chi connectivity index (χ0) is 18.3. The van der Waals surface area contributed by atoms with Crippen molar-refractivity contribution in [3.05, 3.63) is 76.6 Å². The molecule has 1 aliphatic rings. The maximum absolute atomic E-state index is 12.4. The number of hydrogen-bond acceptors (Lipinski definition) is 3. The Balaban J connectivity index is 1.85. The van der Waals surface area contributed by atoms with Crippen molar-refractivity contribution >= 4 is 23.1 Å². The van der Waals surface area contributed by atoms with Crippen LogP contribution < -0.4 is 4.74 Å². The molecule has 0 bridgehead atoms. The molecule has 0 radical (unpaired) electrons. The summed E-state index contributed by atoms with van der Waals surface area (Å²) in [4.78, 5) is 12.4. The third kappa shape index (κ3) is 2.82. The molecule has 3 aromatic rings. The van der Waals surface area contributed by atoms with Crippen LogP contribution in [0.5, 0.6) is 5.75 Å². The van der Waals surface area contributed by atoms with Crippen LogP contribution in [0.4, 0.5) is 0 Å². The summed E-state index contributed by atoms with van der Waals surface area (Å²) in [6.45, 7) is 1.96. The highest BCUT2D eigenvalue weighted by molar-refractivity contribution is 6.30. The lowest BCUT2D eigenvalue weighted by atomic mass is 9.97. The van der Waals surface area contributed by atoms with Crippen molar-refractivity contribution in [2.24, 2.45) is 0 Å². The highest BCUT2D eigenvalue weighted by Gasteiger charge is 2.25. The number of carbonyl (C=O) groups is 1. The van der Waals surface area contributed by atoms with E-state index in [-0.39, 0.29) is 5.78 Å². The highest BCUT2D eigenvalue weighted by atomic mass is 35.5. The van der Waals surface area contributed by atoms with Crippen molar-refractivity contribution in [1.29, 1.82) is 0 Å². The van der Waals surface area contributed by atoms with Crippen molar-refractivity contribution in [1.82, 2.24) is 9.78 Å². The largest absolute Gasteiger partial charge is 0.497 e. The second kappa shape index (κ2) is 6.46. The number of benzene rings is 2. The smallest absolute Gasteiger partial charge is 0.163 e. The summed E-state index contributed by atoms with van der Waals surface area (Å²) in [5.74, 6) is 0.841. The van der Waals surface area contributed by atoms with Gasteiger partial charge in [-0.2, -0.15) is 5.10 Å². The molecule has 4 rings (SSSR count). The highest BCUT2D eigenvalue weighted by Crippen LogP contribution is 2.34. The lowest BCUT2D eigenvalue weighted by molar-refractivity contribution is -0.114. The summed E-state index contributed by atoms with van der Waals surface area (Å²) in [7, 11) is 1.63. The summed E-state index contributed by atoms with van der Waals surface area (Å²) in [5.41, 5.74) is 5.50. The van der Waals surface area contributed by atoms with Gasteiger partial charge in [-0.05, 0) is 48.9 Å². The molecule has 0 spiro atoms. The van der Waals surface area contributed by atoms with Gasteiger partial charge in [-0.1, -0.05) is 23.7 Å². The van der Waals surface area contributed by atoms with Crippen molar-refractivity contribution < 1.29 is 9.53 Å². The van der Waals surface area contributed by atoms with Gasteiger partial charge in [-0.15, -0.1) is 0 Å². The maximum atomic E-state index is 12.4. The summed E-state index contributed by atoms with van der Waals surface area (Å²) in [6.07, 6.45) is 1.99. The fourth-order valence-electron chi connectivity index (χ4n) is 3.33. The van der Waals surface area contributed by atoms with E-state index in [4.69, 9.17) is 21.4 Å². The van der Waals surface area contributed by atoms with E-state index in [1.54, 1.807) is 13.2 Å². The van der Waals surface area contributed by atoms with Crippen molar-refractivity contribution in [3.63, 3.8) is 0 Å². The number of aromatic nitrogens is 2. The molecular weight excluding hydrogens is 348 g/mol. The van der Waals surface area contributed by atoms with E-state index < -0.39 is 0 Å². The first-order valence-electron chi connectivity index (χ1n) is 8.30. The number of fused-ring (bicyclic) bond motifs is 1. The number of allylic oxidation sites excluding steroid dienone is 1. The van der Waals surface area contributed by atoms with Gasteiger partial charge in [0.1, 0.15) is 5.75 Å². The fourth-order valence-corrected chi connectivity index (χ4v) is 3.45. The minimum Gasteiger partial charge on any atom is -0.497 e. The summed E-state index contributed by atoms with van der Waals surface area (Å²) >= 11 is 6.01. The Morgan fingerprint density at radius 1 is 1.04 bits per heavy atom. The van der Waals surface area contributed by atoms with Gasteiger partial charge in [-0.3, -0.25) is 4.79 Å². The number of rotatable bonds is 3. The van der Waals surface area contributed by atoms with Gasteiger partial charge in [0, 0.05) is 22.2 Å². The van der Waals surface area contributed by atoms with E-state index in [9.17, 15) is 4.79 Å². The van der Waals surface area contributed by atoms with Crippen molar-refractivity contribution in [2.75, 3.05) is 7.11 Å².